The van der Waals surface area contributed by atoms with E-state index in [1.165, 1.54) is 70.6 Å². The SMILES string of the molecule is CCC/C=C/CCCCCCCCCCC[N+](CCCCC(=O)O)(CCCCC(=O)O)CCCCC(=O)O. The second-order valence-corrected chi connectivity index (χ2v) is 11.0. The number of carboxylic acids is 3. The van der Waals surface area contributed by atoms with Gasteiger partial charge in [-0.2, -0.15) is 0 Å². The van der Waals surface area contributed by atoms with Gasteiger partial charge in [-0.3, -0.25) is 14.4 Å². The van der Waals surface area contributed by atoms with Crippen LogP contribution >= 0.6 is 0 Å². The fraction of sp³-hybridized carbons (Fsp3) is 0.839. The number of hydrogen-bond acceptors (Lipinski definition) is 3. The molecule has 3 N–H and O–H groups in total. The van der Waals surface area contributed by atoms with Gasteiger partial charge in [-0.15, -0.1) is 0 Å². The van der Waals surface area contributed by atoms with Crippen LogP contribution in [0.2, 0.25) is 0 Å². The molecule has 0 heterocycles. The van der Waals surface area contributed by atoms with Crippen molar-refractivity contribution >= 4 is 17.9 Å². The van der Waals surface area contributed by atoms with E-state index in [1.54, 1.807) is 0 Å². The Hall–Kier alpha value is -1.89. The second kappa shape index (κ2) is 25.4. The summed E-state index contributed by atoms with van der Waals surface area (Å²) in [5, 5.41) is 27.1. The zero-order valence-electron chi connectivity index (χ0n) is 24.3. The van der Waals surface area contributed by atoms with E-state index in [9.17, 15) is 14.4 Å². The average molecular weight is 541 g/mol. The van der Waals surface area contributed by atoms with Gasteiger partial charge in [-0.25, -0.2) is 0 Å². The molecule has 0 rings (SSSR count). The minimum atomic E-state index is -0.769. The maximum Gasteiger partial charge on any atom is 0.303 e. The lowest BCUT2D eigenvalue weighted by Gasteiger charge is -2.39. The molecule has 0 atom stereocenters. The summed E-state index contributed by atoms with van der Waals surface area (Å²) in [5.74, 6) is -2.31. The van der Waals surface area contributed by atoms with Crippen LogP contribution in [0.4, 0.5) is 0 Å². The van der Waals surface area contributed by atoms with Crippen molar-refractivity contribution in [1.29, 1.82) is 0 Å². The summed E-state index contributed by atoms with van der Waals surface area (Å²) in [6, 6.07) is 0. The van der Waals surface area contributed by atoms with Gasteiger partial charge in [0.2, 0.25) is 0 Å². The first-order valence-electron chi connectivity index (χ1n) is 15.5. The Morgan fingerprint density at radius 3 is 1.16 bits per heavy atom. The molecule has 0 saturated heterocycles. The highest BCUT2D eigenvalue weighted by Gasteiger charge is 2.26. The number of quaternary nitrogens is 1. The Balaban J connectivity index is 4.54. The molecule has 0 amide bonds. The number of carbonyl (C=O) groups is 3. The Morgan fingerprint density at radius 2 is 0.789 bits per heavy atom. The molecule has 0 bridgehead atoms. The van der Waals surface area contributed by atoms with E-state index in [0.717, 1.165) is 56.3 Å². The van der Waals surface area contributed by atoms with Crippen LogP contribution in [0, 0.1) is 0 Å². The number of carboxylic acid groups (broad SMARTS) is 3. The monoisotopic (exact) mass is 540 g/mol. The topological polar surface area (TPSA) is 112 Å². The quantitative estimate of drug-likeness (QED) is 0.0506. The molecule has 0 saturated carbocycles. The largest absolute Gasteiger partial charge is 0.481 e. The van der Waals surface area contributed by atoms with Gasteiger partial charge in [0.05, 0.1) is 26.2 Å². The molecule has 0 fully saturated rings. The first-order valence-corrected chi connectivity index (χ1v) is 15.5. The molecule has 0 aromatic rings. The third kappa shape index (κ3) is 24.4. The highest BCUT2D eigenvalue weighted by Crippen LogP contribution is 2.19. The lowest BCUT2D eigenvalue weighted by molar-refractivity contribution is -0.929. The molecular formula is C31H58NO6+. The predicted molar refractivity (Wildman–Crippen MR) is 154 cm³/mol. The lowest BCUT2D eigenvalue weighted by atomic mass is 10.0. The smallest absolute Gasteiger partial charge is 0.303 e. The van der Waals surface area contributed by atoms with Gasteiger partial charge < -0.3 is 19.8 Å². The minimum Gasteiger partial charge on any atom is -0.481 e. The molecule has 0 aliphatic heterocycles. The molecule has 0 aliphatic rings. The normalized spacial score (nSPS) is 11.8. The second-order valence-electron chi connectivity index (χ2n) is 11.0. The van der Waals surface area contributed by atoms with Crippen LogP contribution in [0.15, 0.2) is 12.2 Å². The first kappa shape index (κ1) is 36.1. The fourth-order valence-electron chi connectivity index (χ4n) is 5.19. The standard InChI is InChI=1S/C31H57NO6/c1-2-3-4-5-6-7-8-9-10-11-12-13-14-18-25-32(26-19-15-22-29(33)34,27-20-16-23-30(35)36)28-21-17-24-31(37)38/h4-5H,2-3,6-28H2,1H3,(H2-,33,34,35,36,37,38)/p+1/b5-4+. The molecule has 222 valence electrons. The van der Waals surface area contributed by atoms with Crippen molar-refractivity contribution in [2.24, 2.45) is 0 Å². The number of hydrogen-bond donors (Lipinski definition) is 3. The van der Waals surface area contributed by atoms with Crippen LogP contribution in [0.3, 0.4) is 0 Å². The Kier molecular flexibility index (Phi) is 24.1. The van der Waals surface area contributed by atoms with Crippen LogP contribution in [-0.2, 0) is 14.4 Å². The maximum absolute atomic E-state index is 11.0. The number of unbranched alkanes of at least 4 members (excludes halogenated alkanes) is 13. The van der Waals surface area contributed by atoms with Crippen molar-refractivity contribution in [3.63, 3.8) is 0 Å². The van der Waals surface area contributed by atoms with E-state index in [-0.39, 0.29) is 19.3 Å². The predicted octanol–water partition coefficient (Wildman–Crippen LogP) is 7.83. The molecule has 38 heavy (non-hydrogen) atoms. The van der Waals surface area contributed by atoms with Crippen LogP contribution in [0.25, 0.3) is 0 Å². The molecule has 0 spiro atoms. The first-order chi connectivity index (χ1) is 18.3. The van der Waals surface area contributed by atoms with E-state index >= 15 is 0 Å². The van der Waals surface area contributed by atoms with Crippen molar-refractivity contribution in [3.05, 3.63) is 12.2 Å². The third-order valence-corrected chi connectivity index (χ3v) is 7.44. The van der Waals surface area contributed by atoms with Crippen LogP contribution < -0.4 is 0 Å². The van der Waals surface area contributed by atoms with Crippen LogP contribution in [0.1, 0.15) is 142 Å². The summed E-state index contributed by atoms with van der Waals surface area (Å²) >= 11 is 0. The van der Waals surface area contributed by atoms with Gasteiger partial charge in [-0.1, -0.05) is 64.0 Å². The van der Waals surface area contributed by atoms with E-state index in [0.29, 0.717) is 19.3 Å². The van der Waals surface area contributed by atoms with Crippen LogP contribution in [0.5, 0.6) is 0 Å². The van der Waals surface area contributed by atoms with Crippen molar-refractivity contribution in [2.75, 3.05) is 26.2 Å². The van der Waals surface area contributed by atoms with E-state index < -0.39 is 17.9 Å². The summed E-state index contributed by atoms with van der Waals surface area (Å²) in [6.45, 7) is 5.89. The van der Waals surface area contributed by atoms with Crippen molar-refractivity contribution in [1.82, 2.24) is 0 Å². The Labute approximate surface area is 232 Å². The summed E-state index contributed by atoms with van der Waals surface area (Å²) < 4.78 is 0.867. The van der Waals surface area contributed by atoms with Gasteiger partial charge >= 0.3 is 17.9 Å². The molecule has 0 aliphatic carbocycles. The average Bonchev–Trinajstić information content (AvgIpc) is 2.87. The summed E-state index contributed by atoms with van der Waals surface area (Å²) in [5.41, 5.74) is 0. The fourth-order valence-corrected chi connectivity index (χ4v) is 5.19. The van der Waals surface area contributed by atoms with Crippen molar-refractivity contribution in [3.8, 4) is 0 Å². The molecule has 7 nitrogen and oxygen atoms in total. The molecular weight excluding hydrogens is 482 g/mol. The van der Waals surface area contributed by atoms with Gasteiger partial charge in [0, 0.05) is 19.3 Å². The highest BCUT2D eigenvalue weighted by atomic mass is 16.4. The number of aliphatic carboxylic acids is 3. The zero-order chi connectivity index (χ0) is 28.3. The van der Waals surface area contributed by atoms with E-state index in [4.69, 9.17) is 15.3 Å². The molecule has 0 aromatic carbocycles. The number of rotatable bonds is 29. The maximum atomic E-state index is 11.0. The Morgan fingerprint density at radius 1 is 0.474 bits per heavy atom. The lowest BCUT2D eigenvalue weighted by Crippen LogP contribution is -2.51. The molecule has 0 unspecified atom stereocenters. The van der Waals surface area contributed by atoms with E-state index in [1.807, 2.05) is 0 Å². The number of nitrogens with zero attached hydrogens (tertiary/aromatic N) is 1. The number of allylic oxidation sites excluding steroid dienone is 2. The molecule has 0 radical (unpaired) electrons. The van der Waals surface area contributed by atoms with Crippen LogP contribution in [-0.4, -0.2) is 63.9 Å². The highest BCUT2D eigenvalue weighted by molar-refractivity contribution is 5.67. The molecule has 0 aromatic heterocycles. The van der Waals surface area contributed by atoms with Gasteiger partial charge in [-0.05, 0) is 70.6 Å². The summed E-state index contributed by atoms with van der Waals surface area (Å²) in [4.78, 5) is 32.9. The summed E-state index contributed by atoms with van der Waals surface area (Å²) in [6.07, 6.45) is 24.6. The van der Waals surface area contributed by atoms with Gasteiger partial charge in [0.1, 0.15) is 0 Å². The van der Waals surface area contributed by atoms with Crippen molar-refractivity contribution in [2.45, 2.75) is 142 Å². The van der Waals surface area contributed by atoms with Gasteiger partial charge in [0.15, 0.2) is 0 Å². The van der Waals surface area contributed by atoms with E-state index in [2.05, 4.69) is 19.1 Å². The molecule has 7 heteroatoms. The van der Waals surface area contributed by atoms with Crippen molar-refractivity contribution < 1.29 is 34.2 Å². The minimum absolute atomic E-state index is 0.174. The Bertz CT molecular complexity index is 579. The zero-order valence-corrected chi connectivity index (χ0v) is 24.3. The summed E-state index contributed by atoms with van der Waals surface area (Å²) in [7, 11) is 0. The third-order valence-electron chi connectivity index (χ3n) is 7.44. The van der Waals surface area contributed by atoms with Gasteiger partial charge in [0.25, 0.3) is 0 Å².